The summed E-state index contributed by atoms with van der Waals surface area (Å²) in [6, 6.07) is 8.11. The first kappa shape index (κ1) is 13.0. The van der Waals surface area contributed by atoms with Crippen LogP contribution in [0.25, 0.3) is 0 Å². The summed E-state index contributed by atoms with van der Waals surface area (Å²) in [7, 11) is 1.68. The van der Waals surface area contributed by atoms with Crippen LogP contribution in [0.5, 0.6) is 0 Å². The van der Waals surface area contributed by atoms with Gasteiger partial charge in [-0.3, -0.25) is 0 Å². The molecule has 0 aromatic heterocycles. The molecule has 0 spiro atoms. The van der Waals surface area contributed by atoms with Crippen molar-refractivity contribution in [1.82, 2.24) is 0 Å². The van der Waals surface area contributed by atoms with E-state index in [4.69, 9.17) is 4.74 Å². The lowest BCUT2D eigenvalue weighted by Gasteiger charge is -2.24. The number of ether oxygens (including phenoxy) is 1. The van der Waals surface area contributed by atoms with Crippen molar-refractivity contribution in [2.45, 2.75) is 19.9 Å². The summed E-state index contributed by atoms with van der Waals surface area (Å²) in [5.41, 5.74) is 2.26. The van der Waals surface area contributed by atoms with Gasteiger partial charge in [-0.05, 0) is 18.6 Å². The first-order chi connectivity index (χ1) is 7.69. The van der Waals surface area contributed by atoms with E-state index < -0.39 is 0 Å². The zero-order valence-corrected chi connectivity index (χ0v) is 10.2. The van der Waals surface area contributed by atoms with E-state index in [0.717, 1.165) is 5.69 Å². The van der Waals surface area contributed by atoms with Gasteiger partial charge in [-0.2, -0.15) is 0 Å². The predicted octanol–water partition coefficient (Wildman–Crippen LogP) is 2.05. The highest BCUT2D eigenvalue weighted by Gasteiger charge is 2.16. The number of hydrogen-bond acceptors (Lipinski definition) is 3. The first-order valence-corrected chi connectivity index (χ1v) is 5.61. The fourth-order valence-corrected chi connectivity index (χ4v) is 1.68. The topological polar surface area (TPSA) is 41.5 Å². The molecule has 1 aromatic carbocycles. The molecule has 90 valence electrons. The normalized spacial score (nSPS) is 14.5. The molecule has 2 atom stereocenters. The third kappa shape index (κ3) is 3.51. The molecule has 0 saturated heterocycles. The Bertz CT molecular complexity index is 315. The summed E-state index contributed by atoms with van der Waals surface area (Å²) in [5.74, 6) is 0.273. The number of rotatable bonds is 6. The number of anilines is 1. The Hall–Kier alpha value is -1.06. The van der Waals surface area contributed by atoms with E-state index in [2.05, 4.69) is 25.2 Å². The molecule has 0 saturated carbocycles. The van der Waals surface area contributed by atoms with Crippen LogP contribution in [0.3, 0.4) is 0 Å². The van der Waals surface area contributed by atoms with Crippen LogP contribution in [-0.4, -0.2) is 31.5 Å². The Morgan fingerprint density at radius 1 is 1.38 bits per heavy atom. The van der Waals surface area contributed by atoms with E-state index in [9.17, 15) is 5.11 Å². The molecule has 0 aliphatic rings. The molecule has 0 bridgehead atoms. The monoisotopic (exact) mass is 223 g/mol. The third-order valence-corrected chi connectivity index (χ3v) is 2.80. The third-order valence-electron chi connectivity index (χ3n) is 2.80. The molecular formula is C13H21NO2. The Labute approximate surface area is 97.4 Å². The lowest BCUT2D eigenvalue weighted by Crippen LogP contribution is -2.33. The molecule has 2 unspecified atom stereocenters. The van der Waals surface area contributed by atoms with Crippen LogP contribution in [0.2, 0.25) is 0 Å². The largest absolute Gasteiger partial charge is 0.394 e. The number of benzene rings is 1. The minimum Gasteiger partial charge on any atom is -0.394 e. The number of para-hydroxylation sites is 1. The van der Waals surface area contributed by atoms with Gasteiger partial charge in [0.15, 0.2) is 0 Å². The second kappa shape index (κ2) is 6.51. The highest BCUT2D eigenvalue weighted by Crippen LogP contribution is 2.17. The Morgan fingerprint density at radius 3 is 2.62 bits per heavy atom. The molecule has 0 fully saturated rings. The van der Waals surface area contributed by atoms with Crippen LogP contribution in [0.1, 0.15) is 12.5 Å². The fourth-order valence-electron chi connectivity index (χ4n) is 1.68. The number of nitrogens with one attached hydrogen (secondary N) is 1. The van der Waals surface area contributed by atoms with Crippen molar-refractivity contribution in [3.05, 3.63) is 29.8 Å². The zero-order chi connectivity index (χ0) is 12.0. The van der Waals surface area contributed by atoms with Gasteiger partial charge in [0.1, 0.15) is 0 Å². The van der Waals surface area contributed by atoms with Crippen molar-refractivity contribution in [2.75, 3.05) is 25.6 Å². The van der Waals surface area contributed by atoms with Crippen LogP contribution in [0, 0.1) is 12.8 Å². The minimum atomic E-state index is 0.0287. The van der Waals surface area contributed by atoms with Gasteiger partial charge in [0.2, 0.25) is 0 Å². The molecule has 1 aromatic rings. The maximum atomic E-state index is 9.36. The van der Waals surface area contributed by atoms with Gasteiger partial charge in [-0.1, -0.05) is 25.1 Å². The summed E-state index contributed by atoms with van der Waals surface area (Å²) >= 11 is 0. The second-order valence-corrected chi connectivity index (χ2v) is 4.18. The molecule has 3 nitrogen and oxygen atoms in total. The van der Waals surface area contributed by atoms with Crippen LogP contribution in [0.15, 0.2) is 24.3 Å². The van der Waals surface area contributed by atoms with Crippen LogP contribution in [-0.2, 0) is 4.74 Å². The van der Waals surface area contributed by atoms with E-state index in [1.807, 2.05) is 18.2 Å². The van der Waals surface area contributed by atoms with Gasteiger partial charge in [-0.25, -0.2) is 0 Å². The van der Waals surface area contributed by atoms with Gasteiger partial charge < -0.3 is 15.2 Å². The average molecular weight is 223 g/mol. The maximum Gasteiger partial charge on any atom is 0.0636 e. The molecule has 1 rings (SSSR count). The number of hydrogen-bond donors (Lipinski definition) is 2. The minimum absolute atomic E-state index is 0.0287. The van der Waals surface area contributed by atoms with Crippen LogP contribution in [0.4, 0.5) is 5.69 Å². The highest BCUT2D eigenvalue weighted by atomic mass is 16.5. The quantitative estimate of drug-likeness (QED) is 0.775. The Kier molecular flexibility index (Phi) is 5.29. The molecule has 3 heteroatoms. The van der Waals surface area contributed by atoms with E-state index in [1.165, 1.54) is 5.56 Å². The van der Waals surface area contributed by atoms with Crippen molar-refractivity contribution in [2.24, 2.45) is 5.92 Å². The maximum absolute atomic E-state index is 9.36. The van der Waals surface area contributed by atoms with Gasteiger partial charge in [0.05, 0.1) is 19.3 Å². The Morgan fingerprint density at radius 2 is 2.06 bits per heavy atom. The number of aryl methyl sites for hydroxylation is 1. The fraction of sp³-hybridized carbons (Fsp3) is 0.538. The van der Waals surface area contributed by atoms with Gasteiger partial charge >= 0.3 is 0 Å². The van der Waals surface area contributed by atoms with Crippen molar-refractivity contribution < 1.29 is 9.84 Å². The van der Waals surface area contributed by atoms with Crippen LogP contribution < -0.4 is 5.32 Å². The smallest absolute Gasteiger partial charge is 0.0636 e. The Balaban J connectivity index is 2.66. The van der Waals surface area contributed by atoms with Crippen molar-refractivity contribution in [3.63, 3.8) is 0 Å². The van der Waals surface area contributed by atoms with E-state index in [-0.39, 0.29) is 18.6 Å². The van der Waals surface area contributed by atoms with Gasteiger partial charge in [0.25, 0.3) is 0 Å². The van der Waals surface area contributed by atoms with Crippen molar-refractivity contribution >= 4 is 5.69 Å². The molecule has 0 aliphatic heterocycles. The standard InChI is InChI=1S/C13H21NO2/c1-10-6-4-5-7-12(10)14-13(8-15)11(2)9-16-3/h4-7,11,13-15H,8-9H2,1-3H3. The molecule has 0 radical (unpaired) electrons. The number of aliphatic hydroxyl groups is 1. The van der Waals surface area contributed by atoms with Gasteiger partial charge in [-0.15, -0.1) is 0 Å². The van der Waals surface area contributed by atoms with Crippen LogP contribution >= 0.6 is 0 Å². The molecular weight excluding hydrogens is 202 g/mol. The molecule has 0 heterocycles. The number of aliphatic hydroxyl groups excluding tert-OH is 1. The second-order valence-electron chi connectivity index (χ2n) is 4.18. The average Bonchev–Trinajstić information content (AvgIpc) is 2.28. The SMILES string of the molecule is COCC(C)C(CO)Nc1ccccc1C. The lowest BCUT2D eigenvalue weighted by atomic mass is 10.0. The van der Waals surface area contributed by atoms with E-state index in [0.29, 0.717) is 6.61 Å². The molecule has 0 amide bonds. The summed E-state index contributed by atoms with van der Waals surface area (Å²) in [6.45, 7) is 4.87. The molecule has 0 aliphatic carbocycles. The van der Waals surface area contributed by atoms with E-state index in [1.54, 1.807) is 7.11 Å². The molecule has 16 heavy (non-hydrogen) atoms. The summed E-state index contributed by atoms with van der Waals surface area (Å²) < 4.78 is 5.10. The summed E-state index contributed by atoms with van der Waals surface area (Å²) in [6.07, 6.45) is 0. The van der Waals surface area contributed by atoms with Crippen molar-refractivity contribution in [1.29, 1.82) is 0 Å². The predicted molar refractivity (Wildman–Crippen MR) is 66.7 cm³/mol. The lowest BCUT2D eigenvalue weighted by molar-refractivity contribution is 0.132. The number of methoxy groups -OCH3 is 1. The van der Waals surface area contributed by atoms with Gasteiger partial charge in [0, 0.05) is 18.7 Å². The zero-order valence-electron chi connectivity index (χ0n) is 10.2. The summed E-state index contributed by atoms with van der Waals surface area (Å²) in [5, 5.41) is 12.7. The first-order valence-electron chi connectivity index (χ1n) is 5.61. The van der Waals surface area contributed by atoms with E-state index >= 15 is 0 Å². The van der Waals surface area contributed by atoms with Crippen molar-refractivity contribution in [3.8, 4) is 0 Å². The summed E-state index contributed by atoms with van der Waals surface area (Å²) in [4.78, 5) is 0. The molecule has 2 N–H and O–H groups in total. The highest BCUT2D eigenvalue weighted by molar-refractivity contribution is 5.51.